The molecule has 14 heavy (non-hydrogen) atoms. The fourth-order valence-electron chi connectivity index (χ4n) is 1.45. The van der Waals surface area contributed by atoms with Crippen LogP contribution in [0.25, 0.3) is 0 Å². The molecule has 1 aliphatic rings. The van der Waals surface area contributed by atoms with Crippen molar-refractivity contribution < 1.29 is 4.84 Å². The molecule has 2 atom stereocenters. The van der Waals surface area contributed by atoms with Crippen molar-refractivity contribution in [1.82, 2.24) is 5.06 Å². The Balaban J connectivity index is 2.14. The lowest BCUT2D eigenvalue weighted by Gasteiger charge is -2.16. The van der Waals surface area contributed by atoms with Crippen LogP contribution in [0.15, 0.2) is 24.3 Å². The van der Waals surface area contributed by atoms with Crippen molar-refractivity contribution in [3.8, 4) is 0 Å². The zero-order valence-corrected chi connectivity index (χ0v) is 9.38. The lowest BCUT2D eigenvalue weighted by atomic mass is 10.1. The number of halogens is 1. The zero-order chi connectivity index (χ0) is 10.3. The van der Waals surface area contributed by atoms with Gasteiger partial charge < -0.3 is 0 Å². The van der Waals surface area contributed by atoms with Gasteiger partial charge in [0.2, 0.25) is 0 Å². The highest BCUT2D eigenvalue weighted by atomic mass is 35.5. The van der Waals surface area contributed by atoms with E-state index in [1.54, 1.807) is 0 Å². The van der Waals surface area contributed by atoms with Crippen molar-refractivity contribution >= 4 is 11.6 Å². The second kappa shape index (κ2) is 3.23. The summed E-state index contributed by atoms with van der Waals surface area (Å²) in [5.41, 5.74) is 1.17. The van der Waals surface area contributed by atoms with Crippen molar-refractivity contribution in [2.45, 2.75) is 32.5 Å². The molecular weight excluding hydrogens is 198 g/mol. The van der Waals surface area contributed by atoms with Crippen LogP contribution in [0.3, 0.4) is 0 Å². The third-order valence-electron chi connectivity index (χ3n) is 2.18. The van der Waals surface area contributed by atoms with Gasteiger partial charge in [0.05, 0.1) is 0 Å². The monoisotopic (exact) mass is 211 g/mol. The molecule has 1 saturated heterocycles. The molecule has 0 radical (unpaired) electrons. The Kier molecular flexibility index (Phi) is 2.30. The molecule has 76 valence electrons. The molecule has 0 aliphatic carbocycles. The van der Waals surface area contributed by atoms with Crippen molar-refractivity contribution in [3.63, 3.8) is 0 Å². The average Bonchev–Trinajstić information content (AvgIpc) is 2.81. The van der Waals surface area contributed by atoms with Crippen LogP contribution in [0.5, 0.6) is 0 Å². The molecule has 1 aromatic carbocycles. The fourth-order valence-corrected chi connectivity index (χ4v) is 1.65. The Morgan fingerprint density at radius 1 is 1.36 bits per heavy atom. The smallest absolute Gasteiger partial charge is 0.180 e. The molecule has 0 spiro atoms. The minimum atomic E-state index is 0.0486. The molecule has 0 N–H and O–H groups in total. The molecular formula is C11H14ClNO. The quantitative estimate of drug-likeness (QED) is 0.662. The first-order valence-corrected chi connectivity index (χ1v) is 5.08. The van der Waals surface area contributed by atoms with Crippen LogP contribution in [0.4, 0.5) is 0 Å². The predicted molar refractivity (Wildman–Crippen MR) is 56.9 cm³/mol. The summed E-state index contributed by atoms with van der Waals surface area (Å²) < 4.78 is 0. The zero-order valence-electron chi connectivity index (χ0n) is 8.62. The largest absolute Gasteiger partial charge is 0.269 e. The molecule has 1 fully saturated rings. The van der Waals surface area contributed by atoms with Gasteiger partial charge in [-0.1, -0.05) is 23.7 Å². The third-order valence-corrected chi connectivity index (χ3v) is 2.41. The molecule has 2 unspecified atom stereocenters. The van der Waals surface area contributed by atoms with Gasteiger partial charge in [-0.15, -0.1) is 5.06 Å². The maximum atomic E-state index is 5.90. The number of benzene rings is 1. The second-order valence-electron chi connectivity index (χ2n) is 4.51. The van der Waals surface area contributed by atoms with Gasteiger partial charge in [-0.3, -0.25) is 4.84 Å². The van der Waals surface area contributed by atoms with E-state index in [0.29, 0.717) is 0 Å². The molecule has 0 bridgehead atoms. The first-order valence-electron chi connectivity index (χ1n) is 4.70. The van der Waals surface area contributed by atoms with Crippen molar-refractivity contribution in [3.05, 3.63) is 34.9 Å². The molecule has 1 heterocycles. The summed E-state index contributed by atoms with van der Waals surface area (Å²) in [4.78, 5) is 5.50. The summed E-state index contributed by atoms with van der Waals surface area (Å²) in [6, 6.07) is 7.79. The predicted octanol–water partition coefficient (Wildman–Crippen LogP) is 3.38. The Bertz CT molecular complexity index is 345. The van der Waals surface area contributed by atoms with Gasteiger partial charge in [-0.25, -0.2) is 0 Å². The Morgan fingerprint density at radius 2 is 2.07 bits per heavy atom. The van der Waals surface area contributed by atoms with Crippen LogP contribution in [0.1, 0.15) is 32.6 Å². The fraction of sp³-hybridized carbons (Fsp3) is 0.455. The number of hydrogen-bond donors (Lipinski definition) is 0. The molecule has 0 amide bonds. The summed E-state index contributed by atoms with van der Waals surface area (Å²) in [6.07, 6.45) is 0.0775. The van der Waals surface area contributed by atoms with E-state index in [9.17, 15) is 0 Å². The summed E-state index contributed by atoms with van der Waals surface area (Å²) in [5.74, 6) is 0. The normalized spacial score (nSPS) is 26.3. The van der Waals surface area contributed by atoms with Crippen LogP contribution in [0, 0.1) is 0 Å². The van der Waals surface area contributed by atoms with Gasteiger partial charge in [0.1, 0.15) is 0 Å². The van der Waals surface area contributed by atoms with Crippen molar-refractivity contribution in [1.29, 1.82) is 0 Å². The SMILES string of the molecule is CC(C)(C)N1OC1c1cccc(Cl)c1. The second-order valence-corrected chi connectivity index (χ2v) is 4.95. The minimum absolute atomic E-state index is 0.0486. The van der Waals surface area contributed by atoms with Crippen LogP contribution >= 0.6 is 11.6 Å². The molecule has 1 aromatic rings. The molecule has 0 saturated carbocycles. The summed E-state index contributed by atoms with van der Waals surface area (Å²) in [7, 11) is 0. The highest BCUT2D eigenvalue weighted by molar-refractivity contribution is 6.30. The number of rotatable bonds is 1. The first-order chi connectivity index (χ1) is 6.48. The van der Waals surface area contributed by atoms with E-state index in [1.807, 2.05) is 29.3 Å². The molecule has 1 aliphatic heterocycles. The van der Waals surface area contributed by atoms with Gasteiger partial charge in [0, 0.05) is 16.1 Å². The number of hydroxylamine groups is 2. The van der Waals surface area contributed by atoms with E-state index < -0.39 is 0 Å². The lowest BCUT2D eigenvalue weighted by molar-refractivity contribution is 0.101. The van der Waals surface area contributed by atoms with E-state index in [0.717, 1.165) is 10.6 Å². The van der Waals surface area contributed by atoms with Crippen molar-refractivity contribution in [2.24, 2.45) is 0 Å². The molecule has 0 aromatic heterocycles. The summed E-state index contributed by atoms with van der Waals surface area (Å²) in [6.45, 7) is 6.37. The van der Waals surface area contributed by atoms with E-state index in [-0.39, 0.29) is 11.8 Å². The van der Waals surface area contributed by atoms with Gasteiger partial charge in [-0.2, -0.15) is 0 Å². The van der Waals surface area contributed by atoms with Crippen LogP contribution < -0.4 is 0 Å². The van der Waals surface area contributed by atoms with Crippen LogP contribution in [-0.2, 0) is 4.84 Å². The first kappa shape index (κ1) is 9.97. The van der Waals surface area contributed by atoms with Crippen molar-refractivity contribution in [2.75, 3.05) is 0 Å². The number of nitrogens with zero attached hydrogens (tertiary/aromatic N) is 1. The summed E-state index contributed by atoms with van der Waals surface area (Å²) >= 11 is 5.90. The highest BCUT2D eigenvalue weighted by Crippen LogP contribution is 2.43. The van der Waals surface area contributed by atoms with E-state index >= 15 is 0 Å². The Labute approximate surface area is 89.4 Å². The minimum Gasteiger partial charge on any atom is -0.269 e. The van der Waals surface area contributed by atoms with Crippen LogP contribution in [0.2, 0.25) is 5.02 Å². The lowest BCUT2D eigenvalue weighted by Crippen LogP contribution is -2.25. The van der Waals surface area contributed by atoms with E-state index in [1.165, 1.54) is 0 Å². The Morgan fingerprint density at radius 3 is 2.57 bits per heavy atom. The average molecular weight is 212 g/mol. The van der Waals surface area contributed by atoms with Crippen LogP contribution in [-0.4, -0.2) is 10.6 Å². The Hall–Kier alpha value is -0.570. The molecule has 3 heteroatoms. The maximum absolute atomic E-state index is 5.90. The van der Waals surface area contributed by atoms with Gasteiger partial charge in [0.25, 0.3) is 0 Å². The topological polar surface area (TPSA) is 15.5 Å². The summed E-state index contributed by atoms with van der Waals surface area (Å²) in [5, 5.41) is 2.73. The third kappa shape index (κ3) is 1.92. The van der Waals surface area contributed by atoms with Gasteiger partial charge in [-0.05, 0) is 32.9 Å². The van der Waals surface area contributed by atoms with E-state index in [4.69, 9.17) is 16.4 Å². The number of hydrogen-bond acceptors (Lipinski definition) is 2. The standard InChI is InChI=1S/C11H14ClNO/c1-11(2,3)13-10(14-13)8-5-4-6-9(12)7-8/h4-7,10H,1-3H3. The molecule has 2 nitrogen and oxygen atoms in total. The van der Waals surface area contributed by atoms with Gasteiger partial charge >= 0.3 is 0 Å². The molecule has 2 rings (SSSR count). The highest BCUT2D eigenvalue weighted by Gasteiger charge is 2.45. The van der Waals surface area contributed by atoms with Gasteiger partial charge in [0.15, 0.2) is 6.23 Å². The maximum Gasteiger partial charge on any atom is 0.180 e. The van der Waals surface area contributed by atoms with E-state index in [2.05, 4.69) is 20.8 Å².